The Bertz CT molecular complexity index is 980. The fraction of sp³-hybridized carbons (Fsp3) is 0.348. The molecule has 0 spiro atoms. The molecule has 7 heteroatoms. The van der Waals surface area contributed by atoms with Crippen molar-refractivity contribution in [2.45, 2.75) is 46.4 Å². The van der Waals surface area contributed by atoms with Crippen LogP contribution in [-0.4, -0.2) is 40.2 Å². The highest BCUT2D eigenvalue weighted by atomic mass is 16.5. The molecular weight excluding hydrogens is 382 g/mol. The predicted molar refractivity (Wildman–Crippen MR) is 114 cm³/mol. The zero-order chi connectivity index (χ0) is 21.7. The lowest BCUT2D eigenvalue weighted by molar-refractivity contribution is 0.0666. The number of hydrogen-bond donors (Lipinski definition) is 0. The number of ether oxygens (including phenoxy) is 2. The minimum atomic E-state index is -0.122. The predicted octanol–water partition coefficient (Wildman–Crippen LogP) is 4.58. The minimum absolute atomic E-state index is 0.0336. The summed E-state index contributed by atoms with van der Waals surface area (Å²) >= 11 is 0. The Hall–Kier alpha value is -3.35. The molecule has 0 saturated carbocycles. The largest absolute Gasteiger partial charge is 0.497 e. The van der Waals surface area contributed by atoms with Crippen LogP contribution >= 0.6 is 0 Å². The summed E-state index contributed by atoms with van der Waals surface area (Å²) < 4.78 is 16.3. The Balaban J connectivity index is 1.77. The minimum Gasteiger partial charge on any atom is -0.497 e. The van der Waals surface area contributed by atoms with Gasteiger partial charge in [-0.25, -0.2) is 0 Å². The molecule has 3 aromatic rings. The summed E-state index contributed by atoms with van der Waals surface area (Å²) in [4.78, 5) is 19.3. The molecule has 0 unspecified atom stereocenters. The molecule has 0 saturated heterocycles. The van der Waals surface area contributed by atoms with Crippen LogP contribution in [0.2, 0.25) is 0 Å². The summed E-state index contributed by atoms with van der Waals surface area (Å²) in [5.41, 5.74) is 1.36. The first-order chi connectivity index (χ1) is 14.4. The SMILES string of the molecule is COc1ccc(-c2noc(CN(C(=O)c3cccc(OC(C)C)c3)C(C)C)n2)cc1. The van der Waals surface area contributed by atoms with E-state index in [9.17, 15) is 4.79 Å². The van der Waals surface area contributed by atoms with E-state index in [0.717, 1.165) is 11.3 Å². The van der Waals surface area contributed by atoms with E-state index in [2.05, 4.69) is 10.1 Å². The number of aromatic nitrogens is 2. The molecule has 0 aliphatic carbocycles. The number of carbonyl (C=O) groups excluding carboxylic acids is 1. The third-order valence-electron chi connectivity index (χ3n) is 4.46. The molecule has 1 amide bonds. The zero-order valence-electron chi connectivity index (χ0n) is 18.0. The third-order valence-corrected chi connectivity index (χ3v) is 4.46. The Labute approximate surface area is 176 Å². The van der Waals surface area contributed by atoms with Gasteiger partial charge in [0.15, 0.2) is 0 Å². The Morgan fingerprint density at radius 3 is 2.43 bits per heavy atom. The summed E-state index contributed by atoms with van der Waals surface area (Å²) in [5.74, 6) is 2.14. The standard InChI is InChI=1S/C23H27N3O4/c1-15(2)26(23(27)18-7-6-8-20(13-18)29-16(3)4)14-21-24-22(25-30-21)17-9-11-19(28-5)12-10-17/h6-13,15-16H,14H2,1-5H3. The lowest BCUT2D eigenvalue weighted by Crippen LogP contribution is -2.36. The van der Waals surface area contributed by atoms with Crippen LogP contribution in [0, 0.1) is 0 Å². The summed E-state index contributed by atoms with van der Waals surface area (Å²) in [6.45, 7) is 8.02. The second-order valence-electron chi connectivity index (χ2n) is 7.46. The molecule has 30 heavy (non-hydrogen) atoms. The molecule has 0 N–H and O–H groups in total. The Kier molecular flexibility index (Phi) is 6.72. The Morgan fingerprint density at radius 2 is 1.80 bits per heavy atom. The van der Waals surface area contributed by atoms with Crippen molar-refractivity contribution in [2.75, 3.05) is 7.11 Å². The molecule has 1 aromatic heterocycles. The molecule has 1 heterocycles. The van der Waals surface area contributed by atoms with Crippen molar-refractivity contribution in [2.24, 2.45) is 0 Å². The first kappa shape index (κ1) is 21.4. The maximum atomic E-state index is 13.1. The lowest BCUT2D eigenvalue weighted by Gasteiger charge is -2.25. The van der Waals surface area contributed by atoms with Gasteiger partial charge in [0.2, 0.25) is 11.7 Å². The van der Waals surface area contributed by atoms with Gasteiger partial charge in [0.05, 0.1) is 13.2 Å². The summed E-state index contributed by atoms with van der Waals surface area (Å²) in [6.07, 6.45) is 0.0336. The maximum absolute atomic E-state index is 13.1. The molecule has 2 aromatic carbocycles. The van der Waals surface area contributed by atoms with Gasteiger partial charge in [-0.3, -0.25) is 4.79 Å². The lowest BCUT2D eigenvalue weighted by atomic mass is 10.1. The molecule has 0 bridgehead atoms. The summed E-state index contributed by atoms with van der Waals surface area (Å²) in [5, 5.41) is 4.05. The van der Waals surface area contributed by atoms with Gasteiger partial charge in [0.25, 0.3) is 5.91 Å². The van der Waals surface area contributed by atoms with Crippen LogP contribution in [0.4, 0.5) is 0 Å². The van der Waals surface area contributed by atoms with E-state index >= 15 is 0 Å². The quantitative estimate of drug-likeness (QED) is 0.542. The molecule has 3 rings (SSSR count). The number of methoxy groups -OCH3 is 1. The molecule has 0 aliphatic rings. The molecular formula is C23H27N3O4. The second kappa shape index (κ2) is 9.43. The highest BCUT2D eigenvalue weighted by Gasteiger charge is 2.22. The molecule has 0 aliphatic heterocycles. The zero-order valence-corrected chi connectivity index (χ0v) is 18.0. The summed E-state index contributed by atoms with van der Waals surface area (Å²) in [6, 6.07) is 14.5. The van der Waals surface area contributed by atoms with E-state index in [1.807, 2.05) is 64.1 Å². The van der Waals surface area contributed by atoms with Crippen LogP contribution in [0.1, 0.15) is 43.9 Å². The van der Waals surface area contributed by atoms with Crippen molar-refractivity contribution in [3.63, 3.8) is 0 Å². The number of benzene rings is 2. The average Bonchev–Trinajstić information content (AvgIpc) is 3.20. The number of nitrogens with zero attached hydrogens (tertiary/aromatic N) is 3. The van der Waals surface area contributed by atoms with Crippen molar-refractivity contribution in [3.8, 4) is 22.9 Å². The van der Waals surface area contributed by atoms with Gasteiger partial charge in [-0.05, 0) is 70.2 Å². The van der Waals surface area contributed by atoms with Gasteiger partial charge in [-0.2, -0.15) is 4.98 Å². The van der Waals surface area contributed by atoms with Gasteiger partial charge >= 0.3 is 0 Å². The second-order valence-corrected chi connectivity index (χ2v) is 7.46. The number of hydrogen-bond acceptors (Lipinski definition) is 6. The summed E-state index contributed by atoms with van der Waals surface area (Å²) in [7, 11) is 1.61. The van der Waals surface area contributed by atoms with Gasteiger partial charge in [-0.15, -0.1) is 0 Å². The number of rotatable bonds is 8. The van der Waals surface area contributed by atoms with Crippen molar-refractivity contribution in [1.82, 2.24) is 15.0 Å². The topological polar surface area (TPSA) is 77.7 Å². The van der Waals surface area contributed by atoms with E-state index in [-0.39, 0.29) is 24.6 Å². The highest BCUT2D eigenvalue weighted by Crippen LogP contribution is 2.22. The van der Waals surface area contributed by atoms with Crippen LogP contribution in [-0.2, 0) is 6.54 Å². The van der Waals surface area contributed by atoms with E-state index < -0.39 is 0 Å². The van der Waals surface area contributed by atoms with Crippen molar-refractivity contribution < 1.29 is 18.8 Å². The van der Waals surface area contributed by atoms with Crippen molar-refractivity contribution >= 4 is 5.91 Å². The monoisotopic (exact) mass is 409 g/mol. The van der Waals surface area contributed by atoms with Gasteiger partial charge in [0, 0.05) is 17.2 Å². The normalized spacial score (nSPS) is 11.0. The van der Waals surface area contributed by atoms with Crippen LogP contribution < -0.4 is 9.47 Å². The molecule has 7 nitrogen and oxygen atoms in total. The highest BCUT2D eigenvalue weighted by molar-refractivity contribution is 5.94. The fourth-order valence-corrected chi connectivity index (χ4v) is 2.95. The molecule has 0 fully saturated rings. The van der Waals surface area contributed by atoms with Gasteiger partial charge in [0.1, 0.15) is 18.0 Å². The maximum Gasteiger partial charge on any atom is 0.254 e. The first-order valence-electron chi connectivity index (χ1n) is 9.92. The first-order valence-corrected chi connectivity index (χ1v) is 9.92. The van der Waals surface area contributed by atoms with E-state index in [1.165, 1.54) is 0 Å². The molecule has 0 atom stereocenters. The van der Waals surface area contributed by atoms with E-state index in [4.69, 9.17) is 14.0 Å². The van der Waals surface area contributed by atoms with E-state index in [1.54, 1.807) is 24.1 Å². The van der Waals surface area contributed by atoms with Crippen molar-refractivity contribution in [1.29, 1.82) is 0 Å². The van der Waals surface area contributed by atoms with Crippen LogP contribution in [0.5, 0.6) is 11.5 Å². The number of carbonyl (C=O) groups is 1. The fourth-order valence-electron chi connectivity index (χ4n) is 2.95. The van der Waals surface area contributed by atoms with Gasteiger partial charge < -0.3 is 18.9 Å². The average molecular weight is 409 g/mol. The molecule has 0 radical (unpaired) electrons. The number of amides is 1. The van der Waals surface area contributed by atoms with Crippen molar-refractivity contribution in [3.05, 3.63) is 60.0 Å². The van der Waals surface area contributed by atoms with E-state index in [0.29, 0.717) is 23.0 Å². The van der Waals surface area contributed by atoms with Crippen LogP contribution in [0.15, 0.2) is 53.1 Å². The van der Waals surface area contributed by atoms with Crippen LogP contribution in [0.3, 0.4) is 0 Å². The van der Waals surface area contributed by atoms with Gasteiger partial charge in [-0.1, -0.05) is 11.2 Å². The van der Waals surface area contributed by atoms with Crippen LogP contribution in [0.25, 0.3) is 11.4 Å². The smallest absolute Gasteiger partial charge is 0.254 e. The Morgan fingerprint density at radius 1 is 1.07 bits per heavy atom. The molecule has 158 valence electrons. The third kappa shape index (κ3) is 5.17.